The van der Waals surface area contributed by atoms with Crippen LogP contribution in [-0.4, -0.2) is 33.8 Å². The molecule has 1 amide bonds. The third-order valence-electron chi connectivity index (χ3n) is 2.81. The van der Waals surface area contributed by atoms with Crippen molar-refractivity contribution in [3.05, 3.63) is 29.5 Å². The summed E-state index contributed by atoms with van der Waals surface area (Å²) >= 11 is 1.63. The Morgan fingerprint density at radius 3 is 2.94 bits per heavy atom. The third kappa shape index (κ3) is 1.78. The fraction of sp³-hybridized carbons (Fsp3) is 0.300. The van der Waals surface area contributed by atoms with E-state index >= 15 is 0 Å². The zero-order valence-electron chi connectivity index (χ0n) is 8.98. The van der Waals surface area contributed by atoms with Gasteiger partial charge in [0.2, 0.25) is 0 Å². The summed E-state index contributed by atoms with van der Waals surface area (Å²) in [5.74, 6) is -0.438. The van der Waals surface area contributed by atoms with Crippen LogP contribution in [0.4, 0.5) is 5.13 Å². The smallest absolute Gasteiger partial charge is 0.251 e. The minimum absolute atomic E-state index is 0.298. The van der Waals surface area contributed by atoms with E-state index in [4.69, 9.17) is 5.73 Å². The number of anilines is 1. The maximum atomic E-state index is 10.9. The van der Waals surface area contributed by atoms with Gasteiger partial charge in [0.15, 0.2) is 5.13 Å². The van der Waals surface area contributed by atoms with Crippen molar-refractivity contribution in [3.8, 4) is 0 Å². The molecule has 1 aliphatic heterocycles. The van der Waals surface area contributed by atoms with Gasteiger partial charge in [-0.2, -0.15) is 5.10 Å². The molecule has 6 nitrogen and oxygen atoms in total. The molecular weight excluding hydrogens is 238 g/mol. The van der Waals surface area contributed by atoms with Crippen molar-refractivity contribution in [1.29, 1.82) is 0 Å². The summed E-state index contributed by atoms with van der Waals surface area (Å²) in [5, 5.41) is 7.14. The number of nitrogens with zero attached hydrogens (tertiary/aromatic N) is 4. The summed E-state index contributed by atoms with van der Waals surface area (Å²) in [4.78, 5) is 17.4. The second-order valence-corrected chi connectivity index (χ2v) is 4.82. The van der Waals surface area contributed by atoms with Crippen molar-refractivity contribution >= 4 is 22.4 Å². The van der Waals surface area contributed by atoms with Crippen molar-refractivity contribution in [1.82, 2.24) is 14.8 Å². The Morgan fingerprint density at radius 1 is 1.53 bits per heavy atom. The number of rotatable bonds is 3. The molecule has 1 aliphatic rings. The van der Waals surface area contributed by atoms with E-state index in [0.29, 0.717) is 11.6 Å². The van der Waals surface area contributed by atoms with Crippen LogP contribution in [0.5, 0.6) is 0 Å². The van der Waals surface area contributed by atoms with E-state index in [1.807, 2.05) is 5.38 Å². The highest BCUT2D eigenvalue weighted by Gasteiger charge is 2.30. The summed E-state index contributed by atoms with van der Waals surface area (Å²) in [6.07, 6.45) is 5.01. The maximum absolute atomic E-state index is 10.9. The SMILES string of the molecule is NC(=O)c1cnn(C2CN(c3nccs3)C2)c1. The van der Waals surface area contributed by atoms with E-state index in [1.54, 1.807) is 28.4 Å². The van der Waals surface area contributed by atoms with Gasteiger partial charge in [0, 0.05) is 30.9 Å². The molecule has 3 heterocycles. The van der Waals surface area contributed by atoms with E-state index in [1.165, 1.54) is 6.20 Å². The van der Waals surface area contributed by atoms with Gasteiger partial charge in [0.1, 0.15) is 0 Å². The molecule has 0 unspecified atom stereocenters. The number of thiazole rings is 1. The summed E-state index contributed by atoms with van der Waals surface area (Å²) in [5.41, 5.74) is 5.64. The van der Waals surface area contributed by atoms with Crippen LogP contribution in [0.25, 0.3) is 0 Å². The monoisotopic (exact) mass is 249 g/mol. The molecule has 17 heavy (non-hydrogen) atoms. The van der Waals surface area contributed by atoms with Crippen molar-refractivity contribution in [2.24, 2.45) is 5.73 Å². The molecule has 0 radical (unpaired) electrons. The molecule has 3 rings (SSSR count). The van der Waals surface area contributed by atoms with Crippen LogP contribution in [0.2, 0.25) is 0 Å². The number of aromatic nitrogens is 3. The van der Waals surface area contributed by atoms with Crippen molar-refractivity contribution in [2.45, 2.75) is 6.04 Å². The zero-order chi connectivity index (χ0) is 11.8. The number of hydrogen-bond acceptors (Lipinski definition) is 5. The first-order chi connectivity index (χ1) is 8.24. The molecule has 2 N–H and O–H groups in total. The Morgan fingerprint density at radius 2 is 2.35 bits per heavy atom. The predicted molar refractivity (Wildman–Crippen MR) is 64.1 cm³/mol. The van der Waals surface area contributed by atoms with E-state index in [0.717, 1.165) is 18.2 Å². The van der Waals surface area contributed by atoms with Crippen molar-refractivity contribution < 1.29 is 4.79 Å². The summed E-state index contributed by atoms with van der Waals surface area (Å²) < 4.78 is 1.80. The summed E-state index contributed by atoms with van der Waals surface area (Å²) in [6.45, 7) is 1.74. The number of carbonyl (C=O) groups is 1. The van der Waals surface area contributed by atoms with Gasteiger partial charge in [0.25, 0.3) is 5.91 Å². The molecule has 0 atom stereocenters. The first-order valence-electron chi connectivity index (χ1n) is 5.22. The highest BCUT2D eigenvalue weighted by Crippen LogP contribution is 2.28. The second kappa shape index (κ2) is 3.85. The number of carbonyl (C=O) groups excluding carboxylic acids is 1. The topological polar surface area (TPSA) is 77.0 Å². The Balaban J connectivity index is 1.67. The third-order valence-corrected chi connectivity index (χ3v) is 3.64. The van der Waals surface area contributed by atoms with Crippen LogP contribution in [0.15, 0.2) is 24.0 Å². The lowest BCUT2D eigenvalue weighted by atomic mass is 10.1. The summed E-state index contributed by atoms with van der Waals surface area (Å²) in [6, 6.07) is 0.298. The quantitative estimate of drug-likeness (QED) is 0.859. The van der Waals surface area contributed by atoms with Crippen molar-refractivity contribution in [2.75, 3.05) is 18.0 Å². The standard InChI is InChI=1S/C10H11N5OS/c11-9(16)7-3-13-15(4-7)8-5-14(6-8)10-12-1-2-17-10/h1-4,8H,5-6H2,(H2,11,16). The number of amides is 1. The number of nitrogens with two attached hydrogens (primary N) is 1. The first-order valence-corrected chi connectivity index (χ1v) is 6.10. The Hall–Kier alpha value is -1.89. The molecule has 0 saturated carbocycles. The fourth-order valence-electron chi connectivity index (χ4n) is 1.82. The van der Waals surface area contributed by atoms with Gasteiger partial charge in [-0.25, -0.2) is 4.98 Å². The molecule has 7 heteroatoms. The molecule has 0 aliphatic carbocycles. The average molecular weight is 249 g/mol. The Bertz CT molecular complexity index is 529. The van der Waals surface area contributed by atoms with E-state index < -0.39 is 5.91 Å². The van der Waals surface area contributed by atoms with Crippen LogP contribution in [0, 0.1) is 0 Å². The van der Waals surface area contributed by atoms with E-state index in [-0.39, 0.29) is 0 Å². The largest absolute Gasteiger partial charge is 0.366 e. The molecule has 88 valence electrons. The van der Waals surface area contributed by atoms with Gasteiger partial charge >= 0.3 is 0 Å². The zero-order valence-corrected chi connectivity index (χ0v) is 9.80. The van der Waals surface area contributed by atoms with E-state index in [9.17, 15) is 4.79 Å². The fourth-order valence-corrected chi connectivity index (χ4v) is 2.48. The molecule has 1 saturated heterocycles. The lowest BCUT2D eigenvalue weighted by Gasteiger charge is -2.38. The summed E-state index contributed by atoms with van der Waals surface area (Å²) in [7, 11) is 0. The van der Waals surface area contributed by atoms with E-state index in [2.05, 4.69) is 15.0 Å². The van der Waals surface area contributed by atoms with Crippen LogP contribution in [0.1, 0.15) is 16.4 Å². The average Bonchev–Trinajstić information content (AvgIpc) is 2.84. The molecule has 0 aromatic carbocycles. The highest BCUT2D eigenvalue weighted by atomic mass is 32.1. The molecule has 2 aromatic heterocycles. The van der Waals surface area contributed by atoms with Gasteiger partial charge in [-0.15, -0.1) is 11.3 Å². The minimum Gasteiger partial charge on any atom is -0.366 e. The second-order valence-electron chi connectivity index (χ2n) is 3.95. The molecule has 0 spiro atoms. The predicted octanol–water partition coefficient (Wildman–Crippen LogP) is 0.500. The van der Waals surface area contributed by atoms with Crippen LogP contribution in [-0.2, 0) is 0 Å². The van der Waals surface area contributed by atoms with Gasteiger partial charge in [-0.05, 0) is 0 Å². The molecular formula is C10H11N5OS. The normalized spacial score (nSPS) is 15.9. The van der Waals surface area contributed by atoms with Gasteiger partial charge in [-0.1, -0.05) is 0 Å². The Labute approximate surface area is 102 Å². The lowest BCUT2D eigenvalue weighted by Crippen LogP contribution is -2.48. The van der Waals surface area contributed by atoms with Gasteiger partial charge in [0.05, 0.1) is 17.8 Å². The molecule has 0 bridgehead atoms. The van der Waals surface area contributed by atoms with Gasteiger partial charge in [-0.3, -0.25) is 9.48 Å². The van der Waals surface area contributed by atoms with Crippen LogP contribution < -0.4 is 10.6 Å². The molecule has 1 fully saturated rings. The van der Waals surface area contributed by atoms with Crippen LogP contribution in [0.3, 0.4) is 0 Å². The molecule has 2 aromatic rings. The minimum atomic E-state index is -0.438. The van der Waals surface area contributed by atoms with Gasteiger partial charge < -0.3 is 10.6 Å². The van der Waals surface area contributed by atoms with Crippen molar-refractivity contribution in [3.63, 3.8) is 0 Å². The van der Waals surface area contributed by atoms with Crippen LogP contribution >= 0.6 is 11.3 Å². The number of hydrogen-bond donors (Lipinski definition) is 1. The number of primary amides is 1. The lowest BCUT2D eigenvalue weighted by molar-refractivity contribution is 0.1000. The Kier molecular flexibility index (Phi) is 2.32. The highest BCUT2D eigenvalue weighted by molar-refractivity contribution is 7.13. The first kappa shape index (κ1) is 10.3. The maximum Gasteiger partial charge on any atom is 0.251 e.